The molecule has 0 spiro atoms. The summed E-state index contributed by atoms with van der Waals surface area (Å²) in [5, 5.41) is 13.6. The summed E-state index contributed by atoms with van der Waals surface area (Å²) in [6, 6.07) is -0.763. The fraction of sp³-hybridized carbons (Fsp3) is 0.967. The van der Waals surface area contributed by atoms with Crippen LogP contribution in [-0.2, 0) is 18.4 Å². The summed E-state index contributed by atoms with van der Waals surface area (Å²) >= 11 is 0. The topological polar surface area (TPSA) is 131 Å². The van der Waals surface area contributed by atoms with Crippen molar-refractivity contribution in [3.05, 3.63) is 0 Å². The summed E-state index contributed by atoms with van der Waals surface area (Å²) < 4.78 is 21.9. The van der Waals surface area contributed by atoms with Crippen molar-refractivity contribution in [1.29, 1.82) is 0 Å². The third-order valence-corrected chi connectivity index (χ3v) is 8.20. The number of nitrogens with two attached hydrogens (primary N) is 1. The molecule has 0 aromatic heterocycles. The third kappa shape index (κ3) is 26.2. The maximum absolute atomic E-state index is 12.6. The van der Waals surface area contributed by atoms with Crippen LogP contribution in [-0.4, -0.2) is 47.8 Å². The van der Waals surface area contributed by atoms with Gasteiger partial charge >= 0.3 is 7.82 Å². The zero-order valence-corrected chi connectivity index (χ0v) is 26.3. The highest BCUT2D eigenvalue weighted by Gasteiger charge is 2.27. The Kier molecular flexibility index (Phi) is 27.3. The molecule has 39 heavy (non-hydrogen) atoms. The highest BCUT2D eigenvalue weighted by Crippen LogP contribution is 2.43. The molecule has 0 aromatic carbocycles. The van der Waals surface area contributed by atoms with Crippen LogP contribution in [0.5, 0.6) is 0 Å². The molecule has 0 heterocycles. The first-order chi connectivity index (χ1) is 18.9. The molecule has 0 aliphatic heterocycles. The Balaban J connectivity index is 4.30. The number of aliphatic hydroxyl groups is 1. The van der Waals surface area contributed by atoms with E-state index in [0.717, 1.165) is 38.5 Å². The van der Waals surface area contributed by atoms with Crippen molar-refractivity contribution in [1.82, 2.24) is 5.32 Å². The van der Waals surface area contributed by atoms with Crippen molar-refractivity contribution in [2.45, 2.75) is 167 Å². The molecule has 0 radical (unpaired) electrons. The van der Waals surface area contributed by atoms with Gasteiger partial charge in [-0.2, -0.15) is 0 Å². The van der Waals surface area contributed by atoms with Crippen LogP contribution in [0.25, 0.3) is 0 Å². The lowest BCUT2D eigenvalue weighted by Crippen LogP contribution is -2.46. The average Bonchev–Trinajstić information content (AvgIpc) is 2.91. The molecular weight excluding hydrogens is 515 g/mol. The average molecular weight is 579 g/mol. The van der Waals surface area contributed by atoms with Gasteiger partial charge in [0.2, 0.25) is 5.91 Å². The summed E-state index contributed by atoms with van der Waals surface area (Å²) in [7, 11) is -4.29. The first-order valence-corrected chi connectivity index (χ1v) is 17.6. The number of carbonyl (C=O) groups is 1. The first-order valence-electron chi connectivity index (χ1n) is 16.2. The molecule has 1 amide bonds. The molecule has 0 saturated carbocycles. The van der Waals surface area contributed by atoms with Gasteiger partial charge in [0.15, 0.2) is 0 Å². The lowest BCUT2D eigenvalue weighted by molar-refractivity contribution is -0.123. The molecule has 9 heteroatoms. The lowest BCUT2D eigenvalue weighted by Gasteiger charge is -2.25. The minimum atomic E-state index is -4.29. The van der Waals surface area contributed by atoms with Gasteiger partial charge in [-0.15, -0.1) is 0 Å². The minimum absolute atomic E-state index is 0.0915. The molecule has 0 rings (SSSR count). The Morgan fingerprint density at radius 3 is 1.64 bits per heavy atom. The number of unbranched alkanes of at least 4 members (excludes halogenated alkanes) is 18. The summed E-state index contributed by atoms with van der Waals surface area (Å²) in [5.74, 6) is -0.165. The summed E-state index contributed by atoms with van der Waals surface area (Å²) in [4.78, 5) is 22.4. The van der Waals surface area contributed by atoms with Crippen molar-refractivity contribution in [3.8, 4) is 0 Å². The van der Waals surface area contributed by atoms with E-state index in [9.17, 15) is 19.4 Å². The predicted octanol–water partition coefficient (Wildman–Crippen LogP) is 7.55. The van der Waals surface area contributed by atoms with Crippen LogP contribution >= 0.6 is 7.82 Å². The number of hydrogen-bond acceptors (Lipinski definition) is 6. The van der Waals surface area contributed by atoms with E-state index in [2.05, 4.69) is 19.2 Å². The molecule has 0 aromatic rings. The van der Waals surface area contributed by atoms with Crippen LogP contribution in [0.3, 0.4) is 0 Å². The number of carbonyl (C=O) groups excluding carboxylic acids is 1. The molecule has 0 saturated heterocycles. The Morgan fingerprint density at radius 1 is 0.744 bits per heavy atom. The maximum Gasteiger partial charge on any atom is 0.472 e. The van der Waals surface area contributed by atoms with E-state index in [-0.39, 0.29) is 25.7 Å². The normalized spacial score (nSPS) is 14.7. The summed E-state index contributed by atoms with van der Waals surface area (Å²) in [5.41, 5.74) is 5.33. The van der Waals surface area contributed by atoms with Crippen LogP contribution in [0.2, 0.25) is 0 Å². The Labute approximate surface area is 240 Å². The summed E-state index contributed by atoms with van der Waals surface area (Å²) in [6.07, 6.45) is 24.0. The van der Waals surface area contributed by atoms with Crippen LogP contribution in [0.1, 0.15) is 155 Å². The second kappa shape index (κ2) is 27.7. The Hall–Kier alpha value is -0.500. The van der Waals surface area contributed by atoms with Crippen LogP contribution in [0.15, 0.2) is 0 Å². The fourth-order valence-corrected chi connectivity index (χ4v) is 5.48. The van der Waals surface area contributed by atoms with E-state index < -0.39 is 20.0 Å². The van der Waals surface area contributed by atoms with Gasteiger partial charge in [-0.1, -0.05) is 136 Å². The molecule has 5 N–H and O–H groups in total. The Bertz CT molecular complexity index is 596. The molecule has 0 aliphatic carbocycles. The minimum Gasteiger partial charge on any atom is -0.391 e. The number of rotatable bonds is 30. The molecule has 3 unspecified atom stereocenters. The van der Waals surface area contributed by atoms with Gasteiger partial charge in [-0.3, -0.25) is 13.8 Å². The number of phosphoric acid groups is 1. The van der Waals surface area contributed by atoms with Crippen molar-refractivity contribution >= 4 is 13.7 Å². The number of amides is 1. The van der Waals surface area contributed by atoms with Crippen LogP contribution in [0.4, 0.5) is 0 Å². The standard InChI is InChI=1S/C30H63N2O6P/c1-3-5-7-9-11-13-14-15-16-18-20-22-24-30(34)32-28(27-38-39(35,36)37-26-25-31)29(33)23-21-19-17-12-10-8-6-4-2/h28-29,33H,3-27,31H2,1-2H3,(H,32,34)(H,35,36). The molecular formula is C30H63N2O6P. The van der Waals surface area contributed by atoms with Gasteiger partial charge < -0.3 is 21.1 Å². The second-order valence-electron chi connectivity index (χ2n) is 11.0. The van der Waals surface area contributed by atoms with Gasteiger partial charge in [-0.05, 0) is 12.8 Å². The van der Waals surface area contributed by atoms with E-state index in [1.165, 1.54) is 89.9 Å². The zero-order chi connectivity index (χ0) is 29.0. The Morgan fingerprint density at radius 2 is 1.18 bits per heavy atom. The lowest BCUT2D eigenvalue weighted by atomic mass is 10.0. The van der Waals surface area contributed by atoms with Crippen molar-refractivity contribution in [2.75, 3.05) is 19.8 Å². The number of hydrogen-bond donors (Lipinski definition) is 4. The second-order valence-corrected chi connectivity index (χ2v) is 12.5. The number of phosphoric ester groups is 1. The van der Waals surface area contributed by atoms with E-state index in [1.54, 1.807) is 0 Å². The summed E-state index contributed by atoms with van der Waals surface area (Å²) in [6.45, 7) is 4.15. The SMILES string of the molecule is CCCCCCCCCCCCCCC(=O)NC(COP(=O)(O)OCCN)C(O)CCCCCCCCCC. The van der Waals surface area contributed by atoms with Crippen molar-refractivity contribution in [2.24, 2.45) is 5.73 Å². The van der Waals surface area contributed by atoms with Gasteiger partial charge in [-0.25, -0.2) is 4.57 Å². The van der Waals surface area contributed by atoms with E-state index in [4.69, 9.17) is 14.8 Å². The van der Waals surface area contributed by atoms with Crippen LogP contribution in [0, 0.1) is 0 Å². The largest absolute Gasteiger partial charge is 0.472 e. The van der Waals surface area contributed by atoms with Gasteiger partial charge in [0.1, 0.15) is 0 Å². The molecule has 234 valence electrons. The molecule has 0 bridgehead atoms. The fourth-order valence-electron chi connectivity index (χ4n) is 4.72. The van der Waals surface area contributed by atoms with Crippen molar-refractivity contribution < 1.29 is 28.4 Å². The van der Waals surface area contributed by atoms with E-state index in [1.807, 2.05) is 0 Å². The van der Waals surface area contributed by atoms with Crippen molar-refractivity contribution in [3.63, 3.8) is 0 Å². The van der Waals surface area contributed by atoms with E-state index >= 15 is 0 Å². The highest BCUT2D eigenvalue weighted by molar-refractivity contribution is 7.47. The predicted molar refractivity (Wildman–Crippen MR) is 162 cm³/mol. The maximum atomic E-state index is 12.6. The van der Waals surface area contributed by atoms with Gasteiger partial charge in [0, 0.05) is 13.0 Å². The molecule has 8 nitrogen and oxygen atoms in total. The highest BCUT2D eigenvalue weighted by atomic mass is 31.2. The van der Waals surface area contributed by atoms with Gasteiger partial charge in [0.05, 0.1) is 25.4 Å². The quantitative estimate of drug-likeness (QED) is 0.0511. The van der Waals surface area contributed by atoms with E-state index in [0.29, 0.717) is 12.8 Å². The zero-order valence-electron chi connectivity index (χ0n) is 25.4. The molecule has 3 atom stereocenters. The molecule has 0 fully saturated rings. The number of aliphatic hydroxyl groups excluding tert-OH is 1. The smallest absolute Gasteiger partial charge is 0.391 e. The van der Waals surface area contributed by atoms with Gasteiger partial charge in [0.25, 0.3) is 0 Å². The first kappa shape index (κ1) is 38.5. The molecule has 0 aliphatic rings. The van der Waals surface area contributed by atoms with Crippen LogP contribution < -0.4 is 11.1 Å². The monoisotopic (exact) mass is 578 g/mol. The third-order valence-electron chi connectivity index (χ3n) is 7.21. The number of nitrogens with one attached hydrogen (secondary N) is 1.